The van der Waals surface area contributed by atoms with Crippen LogP contribution in [-0.2, 0) is 28.8 Å². The summed E-state index contributed by atoms with van der Waals surface area (Å²) in [5, 5.41) is 39.6. The van der Waals surface area contributed by atoms with Crippen molar-refractivity contribution in [2.24, 2.45) is 5.16 Å². The Hall–Kier alpha value is -3.84. The van der Waals surface area contributed by atoms with E-state index in [-0.39, 0.29) is 48.5 Å². The summed E-state index contributed by atoms with van der Waals surface area (Å²) in [6, 6.07) is -0.934. The van der Waals surface area contributed by atoms with E-state index < -0.39 is 46.1 Å². The van der Waals surface area contributed by atoms with Crippen LogP contribution in [0.3, 0.4) is 0 Å². The van der Waals surface area contributed by atoms with E-state index in [1.807, 2.05) is 0 Å². The first-order chi connectivity index (χ1) is 19.9. The molecule has 1 fully saturated rings. The summed E-state index contributed by atoms with van der Waals surface area (Å²) >= 11 is 2.40. The fraction of sp³-hybridized carbons (Fsp3) is 0.565. The summed E-state index contributed by atoms with van der Waals surface area (Å²) in [4.78, 5) is 61.7. The number of H-pyrrole nitrogens is 1. The summed E-state index contributed by atoms with van der Waals surface area (Å²) in [6.45, 7) is 5.25. The molecule has 4 heterocycles. The van der Waals surface area contributed by atoms with Crippen LogP contribution in [0.5, 0.6) is 0 Å². The molecular formula is C23H30N8O9S2. The molecule has 19 heteroatoms. The van der Waals surface area contributed by atoms with Crippen LogP contribution >= 0.6 is 23.5 Å². The van der Waals surface area contributed by atoms with Crippen molar-refractivity contribution in [2.75, 3.05) is 26.0 Å². The number of fused-ring (bicyclic) bond motifs is 1. The molecule has 4 N–H and O–H groups in total. The average molecular weight is 627 g/mol. The number of amides is 3. The van der Waals surface area contributed by atoms with E-state index in [0.29, 0.717) is 11.1 Å². The van der Waals surface area contributed by atoms with Gasteiger partial charge in [-0.25, -0.2) is 14.7 Å². The second kappa shape index (κ2) is 13.0. The number of β-lactam (4-membered cyclic amide) rings is 1. The Morgan fingerprint density at radius 2 is 2.14 bits per heavy atom. The normalized spacial score (nSPS) is 21.7. The van der Waals surface area contributed by atoms with Gasteiger partial charge in [0.1, 0.15) is 30.8 Å². The first-order valence-electron chi connectivity index (χ1n) is 12.6. The number of hydroxylamine groups is 2. The van der Waals surface area contributed by atoms with E-state index in [0.717, 1.165) is 21.7 Å². The minimum atomic E-state index is -1.33. The molecule has 0 aliphatic carbocycles. The van der Waals surface area contributed by atoms with Crippen molar-refractivity contribution in [1.29, 1.82) is 0 Å². The van der Waals surface area contributed by atoms with Crippen LogP contribution in [0.25, 0.3) is 0 Å². The molecule has 0 aromatic carbocycles. The third-order valence-corrected chi connectivity index (χ3v) is 8.53. The van der Waals surface area contributed by atoms with Gasteiger partial charge in [0, 0.05) is 16.6 Å². The van der Waals surface area contributed by atoms with Crippen LogP contribution in [0.15, 0.2) is 33.2 Å². The highest BCUT2D eigenvalue weighted by atomic mass is 32.2. The molecule has 0 bridgehead atoms. The maximum Gasteiger partial charge on any atom is 0.431 e. The van der Waals surface area contributed by atoms with Crippen molar-refractivity contribution < 1.29 is 43.8 Å². The lowest BCUT2D eigenvalue weighted by molar-refractivity contribution is -0.202. The first kappa shape index (κ1) is 31.1. The monoisotopic (exact) mass is 626 g/mol. The third kappa shape index (κ3) is 7.13. The number of carbonyl (C=O) groups is 4. The Balaban J connectivity index is 1.52. The zero-order valence-corrected chi connectivity index (χ0v) is 24.7. The largest absolute Gasteiger partial charge is 0.477 e. The molecule has 1 aromatic rings. The lowest BCUT2D eigenvalue weighted by Crippen LogP contribution is -2.70. The lowest BCUT2D eigenvalue weighted by Gasteiger charge is -2.50. The number of nitrogens with zero attached hydrogens (tertiary/aromatic N) is 6. The maximum absolute atomic E-state index is 13.2. The van der Waals surface area contributed by atoms with Crippen LogP contribution in [0.1, 0.15) is 33.6 Å². The number of thioether (sulfide) groups is 2. The van der Waals surface area contributed by atoms with E-state index in [1.165, 1.54) is 18.9 Å². The van der Waals surface area contributed by atoms with Crippen molar-refractivity contribution in [3.8, 4) is 0 Å². The second-order valence-corrected chi connectivity index (χ2v) is 12.4. The molecule has 17 nitrogen and oxygen atoms in total. The smallest absolute Gasteiger partial charge is 0.431 e. The fourth-order valence-corrected chi connectivity index (χ4v) is 6.92. The van der Waals surface area contributed by atoms with Crippen LogP contribution in [-0.4, -0.2) is 119 Å². The molecule has 0 radical (unpaired) electrons. The van der Waals surface area contributed by atoms with Gasteiger partial charge >= 0.3 is 12.1 Å². The van der Waals surface area contributed by atoms with Crippen LogP contribution in [0, 0.1) is 0 Å². The Labute approximate surface area is 248 Å². The standard InChI is InChI=1S/C23H30N8O9S2/c1-23(2,3)40-30(22(36)37)7-5-13(42-21-25-28-29-26-21)12-10-41-19-15(18(33)31(19)16(12)20(34)35)24-14(32)9-11-6-8-39-17(11)27-38-4/h6,13,15,19H,5,7-10H2,1-4H3,(H,24,32)(H,34,35)(H,36,37)(H,25,26,28,29)/t13?,15?,19-/m0/s1. The van der Waals surface area contributed by atoms with Gasteiger partial charge in [-0.3, -0.25) is 19.3 Å². The van der Waals surface area contributed by atoms with Gasteiger partial charge < -0.3 is 25.1 Å². The van der Waals surface area contributed by atoms with E-state index in [4.69, 9.17) is 14.4 Å². The van der Waals surface area contributed by atoms with Gasteiger partial charge in [-0.1, -0.05) is 11.8 Å². The molecule has 4 rings (SSSR count). The third-order valence-electron chi connectivity index (χ3n) is 6.03. The van der Waals surface area contributed by atoms with Crippen molar-refractivity contribution in [2.45, 2.75) is 61.0 Å². The number of aliphatic carboxylic acids is 1. The molecule has 42 heavy (non-hydrogen) atoms. The molecular weight excluding hydrogens is 596 g/mol. The topological polar surface area (TPSA) is 222 Å². The number of hydrogen-bond donors (Lipinski definition) is 4. The highest BCUT2D eigenvalue weighted by molar-refractivity contribution is 8.01. The Morgan fingerprint density at radius 1 is 1.38 bits per heavy atom. The van der Waals surface area contributed by atoms with Gasteiger partial charge in [-0.2, -0.15) is 5.06 Å². The van der Waals surface area contributed by atoms with Gasteiger partial charge in [0.15, 0.2) is 0 Å². The number of rotatable bonds is 12. The number of carboxylic acids is 1. The summed E-state index contributed by atoms with van der Waals surface area (Å²) in [5.74, 6) is -1.99. The summed E-state index contributed by atoms with van der Waals surface area (Å²) in [7, 11) is 1.35. The number of aromatic amines is 1. The van der Waals surface area contributed by atoms with Gasteiger partial charge in [0.05, 0.1) is 18.6 Å². The van der Waals surface area contributed by atoms with Gasteiger partial charge in [-0.05, 0) is 54.4 Å². The van der Waals surface area contributed by atoms with Crippen molar-refractivity contribution in [3.05, 3.63) is 22.9 Å². The molecule has 228 valence electrons. The number of nitrogens with one attached hydrogen (secondary N) is 2. The van der Waals surface area contributed by atoms with Gasteiger partial charge in [0.2, 0.25) is 11.1 Å². The number of ether oxygens (including phenoxy) is 1. The molecule has 3 atom stereocenters. The van der Waals surface area contributed by atoms with Crippen molar-refractivity contribution in [3.63, 3.8) is 0 Å². The number of carboxylic acid groups (broad SMARTS) is 2. The van der Waals surface area contributed by atoms with Crippen LogP contribution < -0.4 is 5.32 Å². The minimum absolute atomic E-state index is 0.100. The Kier molecular flexibility index (Phi) is 9.62. The summed E-state index contributed by atoms with van der Waals surface area (Å²) in [5.41, 5.74) is -0.120. The predicted molar refractivity (Wildman–Crippen MR) is 147 cm³/mol. The fourth-order valence-electron chi connectivity index (χ4n) is 4.39. The zero-order valence-electron chi connectivity index (χ0n) is 23.1. The molecule has 1 saturated heterocycles. The number of aromatic nitrogens is 4. The Morgan fingerprint density at radius 3 is 2.76 bits per heavy atom. The second-order valence-electron chi connectivity index (χ2n) is 10.1. The lowest BCUT2D eigenvalue weighted by atomic mass is 10.00. The van der Waals surface area contributed by atoms with Gasteiger partial charge in [0.25, 0.3) is 11.8 Å². The molecule has 3 aliphatic heterocycles. The number of carbonyl (C=O) groups excluding carboxylic acids is 2. The average Bonchev–Trinajstić information content (AvgIpc) is 3.59. The molecule has 3 aliphatic rings. The van der Waals surface area contributed by atoms with E-state index in [9.17, 15) is 29.4 Å². The minimum Gasteiger partial charge on any atom is -0.477 e. The van der Waals surface area contributed by atoms with Crippen molar-refractivity contribution >= 4 is 53.3 Å². The number of oxime groups is 1. The maximum atomic E-state index is 13.2. The number of tetrazole rings is 1. The van der Waals surface area contributed by atoms with E-state index in [2.05, 4.69) is 31.1 Å². The predicted octanol–water partition coefficient (Wildman–Crippen LogP) is 0.806. The molecule has 1 aromatic heterocycles. The SMILES string of the molecule is CON=C1OCC=C1CC(=O)NC1C(=O)N2C(C(=O)O)=C(C(CCN(OC(C)(C)C)C(=O)O)Sc3nnn[nH]3)CS[C@@H]12. The van der Waals surface area contributed by atoms with E-state index in [1.54, 1.807) is 26.8 Å². The highest BCUT2D eigenvalue weighted by Crippen LogP contribution is 2.44. The highest BCUT2D eigenvalue weighted by Gasteiger charge is 2.55. The molecule has 3 amide bonds. The summed E-state index contributed by atoms with van der Waals surface area (Å²) < 4.78 is 5.28. The zero-order chi connectivity index (χ0) is 30.6. The van der Waals surface area contributed by atoms with E-state index >= 15 is 0 Å². The molecule has 2 unspecified atom stereocenters. The quantitative estimate of drug-likeness (QED) is 0.143. The van der Waals surface area contributed by atoms with Crippen LogP contribution in [0.4, 0.5) is 4.79 Å². The first-order valence-corrected chi connectivity index (χ1v) is 14.6. The molecule has 0 saturated carbocycles. The molecule has 0 spiro atoms. The number of hydrogen-bond acceptors (Lipinski definition) is 13. The Bertz CT molecular complexity index is 1310. The van der Waals surface area contributed by atoms with Crippen LogP contribution in [0.2, 0.25) is 0 Å². The van der Waals surface area contributed by atoms with Gasteiger partial charge in [-0.15, -0.1) is 16.9 Å². The van der Waals surface area contributed by atoms with Crippen molar-refractivity contribution in [1.82, 2.24) is 35.9 Å². The summed E-state index contributed by atoms with van der Waals surface area (Å²) in [6.07, 6.45) is 0.392.